The lowest BCUT2D eigenvalue weighted by molar-refractivity contribution is 0.313. The SMILES string of the molecule is CN1CCc2c(cc(Nc3ncc(C#N)c(Nc4cccc(N=S(C)(C)=O)n4)n3)cc2-c2cc[nH]n2)C1. The number of aromatic amines is 1. The molecule has 0 saturated carbocycles. The molecule has 37 heavy (non-hydrogen) atoms. The number of rotatable bonds is 6. The lowest BCUT2D eigenvalue weighted by Gasteiger charge is -2.27. The first kappa shape index (κ1) is 24.4. The number of nitrogens with one attached hydrogen (secondary N) is 3. The van der Waals surface area contributed by atoms with Crippen molar-refractivity contribution in [2.75, 3.05) is 36.7 Å². The maximum atomic E-state index is 12.0. The summed E-state index contributed by atoms with van der Waals surface area (Å²) in [5, 5.41) is 23.3. The molecule has 1 aliphatic heterocycles. The molecule has 0 radical (unpaired) electrons. The van der Waals surface area contributed by atoms with E-state index in [9.17, 15) is 9.47 Å². The number of likely N-dealkylation sites (N-methyl/N-ethyl adjacent to an activating group) is 1. The first-order chi connectivity index (χ1) is 17.8. The van der Waals surface area contributed by atoms with Gasteiger partial charge in [0, 0.05) is 52.8 Å². The third-order valence-electron chi connectivity index (χ3n) is 5.76. The predicted octanol–water partition coefficient (Wildman–Crippen LogP) is 3.97. The van der Waals surface area contributed by atoms with Crippen LogP contribution in [-0.2, 0) is 22.7 Å². The number of H-pyrrole nitrogens is 1. The van der Waals surface area contributed by atoms with Gasteiger partial charge >= 0.3 is 0 Å². The van der Waals surface area contributed by atoms with Crippen molar-refractivity contribution in [3.63, 3.8) is 0 Å². The molecule has 0 atom stereocenters. The van der Waals surface area contributed by atoms with E-state index in [4.69, 9.17) is 0 Å². The molecule has 1 aromatic carbocycles. The fourth-order valence-corrected chi connectivity index (χ4v) is 4.74. The zero-order valence-corrected chi connectivity index (χ0v) is 21.5. The molecule has 0 bridgehead atoms. The van der Waals surface area contributed by atoms with Crippen LogP contribution in [0.15, 0.2) is 53.2 Å². The third kappa shape index (κ3) is 5.74. The van der Waals surface area contributed by atoms with Gasteiger partial charge in [-0.3, -0.25) is 5.10 Å². The number of pyridine rings is 1. The first-order valence-corrected chi connectivity index (χ1v) is 13.9. The van der Waals surface area contributed by atoms with Gasteiger partial charge in [-0.15, -0.1) is 0 Å². The Balaban J connectivity index is 1.47. The smallest absolute Gasteiger partial charge is 0.229 e. The Bertz CT molecular complexity index is 1610. The molecule has 1 aliphatic rings. The van der Waals surface area contributed by atoms with Crippen molar-refractivity contribution in [3.8, 4) is 17.3 Å². The summed E-state index contributed by atoms with van der Waals surface area (Å²) in [4.78, 5) is 15.5. The number of hydrogen-bond acceptors (Lipinski definition) is 10. The topological polar surface area (TPSA) is 148 Å². The van der Waals surface area contributed by atoms with Crippen LogP contribution in [-0.4, -0.2) is 60.4 Å². The molecule has 4 heterocycles. The second-order valence-corrected chi connectivity index (χ2v) is 11.6. The molecule has 0 saturated heterocycles. The van der Waals surface area contributed by atoms with Gasteiger partial charge in [0.2, 0.25) is 5.95 Å². The maximum Gasteiger partial charge on any atom is 0.229 e. The second-order valence-electron chi connectivity index (χ2n) is 9.08. The largest absolute Gasteiger partial charge is 0.324 e. The van der Waals surface area contributed by atoms with Crippen LogP contribution in [0.2, 0.25) is 0 Å². The second kappa shape index (κ2) is 9.96. The molecule has 3 N–H and O–H groups in total. The summed E-state index contributed by atoms with van der Waals surface area (Å²) in [6.07, 6.45) is 7.30. The number of nitriles is 1. The van der Waals surface area contributed by atoms with E-state index < -0.39 is 9.73 Å². The Kier molecular flexibility index (Phi) is 6.56. The highest BCUT2D eigenvalue weighted by molar-refractivity contribution is 7.92. The first-order valence-electron chi connectivity index (χ1n) is 11.6. The fourth-order valence-electron chi connectivity index (χ4n) is 4.19. The summed E-state index contributed by atoms with van der Waals surface area (Å²) >= 11 is 0. The molecular formula is C25H26N10OS. The molecule has 0 unspecified atom stereocenters. The zero-order valence-electron chi connectivity index (χ0n) is 20.7. The molecule has 0 amide bonds. The van der Waals surface area contributed by atoms with E-state index in [0.717, 1.165) is 36.5 Å². The zero-order chi connectivity index (χ0) is 26.0. The number of anilines is 4. The normalized spacial score (nSPS) is 13.5. The quantitative estimate of drug-likeness (QED) is 0.347. The van der Waals surface area contributed by atoms with Gasteiger partial charge in [0.15, 0.2) is 11.6 Å². The van der Waals surface area contributed by atoms with Crippen LogP contribution in [0.4, 0.5) is 29.1 Å². The van der Waals surface area contributed by atoms with E-state index in [1.54, 1.807) is 30.7 Å². The van der Waals surface area contributed by atoms with Gasteiger partial charge in [0.25, 0.3) is 0 Å². The van der Waals surface area contributed by atoms with Crippen molar-refractivity contribution in [1.29, 1.82) is 5.26 Å². The molecule has 5 rings (SSSR count). The molecule has 0 aliphatic carbocycles. The summed E-state index contributed by atoms with van der Waals surface area (Å²) in [6.45, 7) is 1.82. The molecule has 4 aromatic rings. The van der Waals surface area contributed by atoms with Crippen molar-refractivity contribution in [1.82, 2.24) is 30.0 Å². The molecule has 11 nitrogen and oxygen atoms in total. The van der Waals surface area contributed by atoms with E-state index in [1.165, 1.54) is 17.3 Å². The molecular weight excluding hydrogens is 488 g/mol. The lowest BCUT2D eigenvalue weighted by atomic mass is 9.92. The van der Waals surface area contributed by atoms with Crippen LogP contribution in [0, 0.1) is 11.3 Å². The monoisotopic (exact) mass is 514 g/mol. The van der Waals surface area contributed by atoms with Gasteiger partial charge in [-0.25, -0.2) is 14.2 Å². The molecule has 0 fully saturated rings. The Morgan fingerprint density at radius 3 is 2.81 bits per heavy atom. The van der Waals surface area contributed by atoms with Crippen molar-refractivity contribution in [2.24, 2.45) is 4.36 Å². The molecule has 188 valence electrons. The molecule has 12 heteroatoms. The van der Waals surface area contributed by atoms with Gasteiger partial charge in [0.05, 0.1) is 11.9 Å². The number of nitrogens with zero attached hydrogens (tertiary/aromatic N) is 7. The van der Waals surface area contributed by atoms with Crippen LogP contribution in [0.1, 0.15) is 16.7 Å². The maximum absolute atomic E-state index is 12.0. The minimum atomic E-state index is -2.36. The van der Waals surface area contributed by atoms with Crippen LogP contribution >= 0.6 is 0 Å². The van der Waals surface area contributed by atoms with Crippen LogP contribution in [0.25, 0.3) is 11.3 Å². The van der Waals surface area contributed by atoms with Crippen molar-refractivity contribution in [3.05, 3.63) is 65.5 Å². The van der Waals surface area contributed by atoms with Crippen LogP contribution in [0.3, 0.4) is 0 Å². The standard InChI is InChI=1S/C25H26N10OS/c1-35-10-8-19-16(15-35)11-18(12-20(19)21-7-9-28-33-21)29-25-27-14-17(13-26)24(32-25)31-22-5-4-6-23(30-22)34-37(2,3)36/h4-7,9,11-12,14H,8,10,15H2,1-3H3,(H,28,33)(H2,27,29,30,31,32). The summed E-state index contributed by atoms with van der Waals surface area (Å²) in [6, 6.07) is 13.3. The predicted molar refractivity (Wildman–Crippen MR) is 144 cm³/mol. The van der Waals surface area contributed by atoms with Crippen LogP contribution in [0.5, 0.6) is 0 Å². The number of benzene rings is 1. The minimum Gasteiger partial charge on any atom is -0.324 e. The van der Waals surface area contributed by atoms with Crippen LogP contribution < -0.4 is 10.6 Å². The Morgan fingerprint density at radius 1 is 1.19 bits per heavy atom. The third-order valence-corrected chi connectivity index (χ3v) is 6.39. The van der Waals surface area contributed by atoms with Gasteiger partial charge in [-0.2, -0.15) is 19.7 Å². The summed E-state index contributed by atoms with van der Waals surface area (Å²) in [5.41, 5.74) is 5.54. The fraction of sp³-hybridized carbons (Fsp3) is 0.240. The average molecular weight is 515 g/mol. The minimum absolute atomic E-state index is 0.258. The van der Waals surface area contributed by atoms with E-state index in [-0.39, 0.29) is 5.56 Å². The average Bonchev–Trinajstić information content (AvgIpc) is 3.38. The summed E-state index contributed by atoms with van der Waals surface area (Å²) < 4.78 is 16.2. The highest BCUT2D eigenvalue weighted by Crippen LogP contribution is 2.33. The number of aromatic nitrogens is 5. The van der Waals surface area contributed by atoms with Gasteiger partial charge in [-0.1, -0.05) is 6.07 Å². The summed E-state index contributed by atoms with van der Waals surface area (Å²) in [5.74, 6) is 1.37. The van der Waals surface area contributed by atoms with E-state index >= 15 is 0 Å². The van der Waals surface area contributed by atoms with E-state index in [1.807, 2.05) is 12.3 Å². The highest BCUT2D eigenvalue weighted by Gasteiger charge is 2.20. The van der Waals surface area contributed by atoms with Crippen molar-refractivity contribution in [2.45, 2.75) is 13.0 Å². The number of fused-ring (bicyclic) bond motifs is 1. The number of hydrogen-bond donors (Lipinski definition) is 3. The highest BCUT2D eigenvalue weighted by atomic mass is 32.2. The van der Waals surface area contributed by atoms with Crippen molar-refractivity contribution < 1.29 is 4.21 Å². The summed E-state index contributed by atoms with van der Waals surface area (Å²) in [7, 11) is -0.258. The van der Waals surface area contributed by atoms with Gasteiger partial charge < -0.3 is 15.5 Å². The van der Waals surface area contributed by atoms with Gasteiger partial charge in [-0.05, 0) is 54.9 Å². The van der Waals surface area contributed by atoms with E-state index in [0.29, 0.717) is 23.4 Å². The van der Waals surface area contributed by atoms with Gasteiger partial charge in [0.1, 0.15) is 17.5 Å². The Morgan fingerprint density at radius 2 is 2.05 bits per heavy atom. The molecule has 0 spiro atoms. The Labute approximate surface area is 215 Å². The lowest BCUT2D eigenvalue weighted by Crippen LogP contribution is -2.27. The van der Waals surface area contributed by atoms with Crippen molar-refractivity contribution >= 4 is 38.8 Å². The Hall–Kier alpha value is -4.34. The molecule has 3 aromatic heterocycles. The van der Waals surface area contributed by atoms with E-state index in [2.05, 4.69) is 70.3 Å².